The maximum Gasteiger partial charge on any atom is 0.227 e. The highest BCUT2D eigenvalue weighted by Crippen LogP contribution is 2.25. The SMILES string of the molecule is Cc1cnc(Nc2ccc(F)cc2Cl)nc1C(C)C. The summed E-state index contributed by atoms with van der Waals surface area (Å²) < 4.78 is 13.0. The number of nitrogens with zero attached hydrogens (tertiary/aromatic N) is 2. The standard InChI is InChI=1S/C14H15ClFN3/c1-8(2)13-9(3)7-17-14(19-13)18-12-5-4-10(16)6-11(12)15/h4-8H,1-3H3,(H,17,18,19). The van der Waals surface area contributed by atoms with E-state index in [1.54, 1.807) is 12.3 Å². The summed E-state index contributed by atoms with van der Waals surface area (Å²) in [5.41, 5.74) is 2.61. The average Bonchev–Trinajstić information content (AvgIpc) is 2.34. The van der Waals surface area contributed by atoms with Crippen LogP contribution in [0.1, 0.15) is 31.0 Å². The zero-order valence-electron chi connectivity index (χ0n) is 11.0. The van der Waals surface area contributed by atoms with Crippen LogP contribution in [0, 0.1) is 12.7 Å². The Hall–Kier alpha value is -1.68. The summed E-state index contributed by atoms with van der Waals surface area (Å²) in [4.78, 5) is 8.66. The fourth-order valence-corrected chi connectivity index (χ4v) is 2.03. The van der Waals surface area contributed by atoms with Crippen LogP contribution in [0.2, 0.25) is 5.02 Å². The van der Waals surface area contributed by atoms with Gasteiger partial charge in [-0.1, -0.05) is 25.4 Å². The molecular weight excluding hydrogens is 265 g/mol. The van der Waals surface area contributed by atoms with Gasteiger partial charge in [0.2, 0.25) is 5.95 Å². The first-order chi connectivity index (χ1) is 8.97. The fraction of sp³-hybridized carbons (Fsp3) is 0.286. The van der Waals surface area contributed by atoms with E-state index in [1.165, 1.54) is 12.1 Å². The van der Waals surface area contributed by atoms with Gasteiger partial charge in [0.05, 0.1) is 16.4 Å². The Morgan fingerprint density at radius 2 is 2.05 bits per heavy atom. The summed E-state index contributed by atoms with van der Waals surface area (Å²) in [6, 6.07) is 4.16. The summed E-state index contributed by atoms with van der Waals surface area (Å²) in [6.45, 7) is 6.12. The van der Waals surface area contributed by atoms with Crippen LogP contribution < -0.4 is 5.32 Å². The molecule has 19 heavy (non-hydrogen) atoms. The van der Waals surface area contributed by atoms with Gasteiger partial charge in [-0.25, -0.2) is 14.4 Å². The molecule has 0 aliphatic heterocycles. The normalized spacial score (nSPS) is 10.8. The van der Waals surface area contributed by atoms with Crippen molar-refractivity contribution in [3.8, 4) is 0 Å². The van der Waals surface area contributed by atoms with E-state index in [0.29, 0.717) is 22.6 Å². The number of aryl methyl sites for hydroxylation is 1. The van der Waals surface area contributed by atoms with Crippen molar-refractivity contribution in [2.45, 2.75) is 26.7 Å². The van der Waals surface area contributed by atoms with E-state index < -0.39 is 0 Å². The van der Waals surface area contributed by atoms with Crippen LogP contribution in [-0.2, 0) is 0 Å². The van der Waals surface area contributed by atoms with Gasteiger partial charge in [-0.05, 0) is 36.6 Å². The van der Waals surface area contributed by atoms with Crippen molar-refractivity contribution >= 4 is 23.2 Å². The number of aromatic nitrogens is 2. The second-order valence-electron chi connectivity index (χ2n) is 4.67. The van der Waals surface area contributed by atoms with Crippen molar-refractivity contribution in [2.75, 3.05) is 5.32 Å². The molecule has 3 nitrogen and oxygen atoms in total. The molecule has 0 bridgehead atoms. The quantitative estimate of drug-likeness (QED) is 0.902. The van der Waals surface area contributed by atoms with E-state index in [9.17, 15) is 4.39 Å². The molecule has 0 atom stereocenters. The van der Waals surface area contributed by atoms with Crippen molar-refractivity contribution in [1.29, 1.82) is 0 Å². The molecule has 0 saturated heterocycles. The molecule has 0 aliphatic rings. The van der Waals surface area contributed by atoms with Crippen molar-refractivity contribution in [3.05, 3.63) is 46.5 Å². The lowest BCUT2D eigenvalue weighted by Crippen LogP contribution is -2.04. The molecule has 0 unspecified atom stereocenters. The van der Waals surface area contributed by atoms with Crippen molar-refractivity contribution < 1.29 is 4.39 Å². The molecule has 1 aromatic carbocycles. The summed E-state index contributed by atoms with van der Waals surface area (Å²) in [6.07, 6.45) is 1.77. The molecule has 0 spiro atoms. The predicted octanol–water partition coefficient (Wildman–Crippen LogP) is 4.44. The van der Waals surface area contributed by atoms with Gasteiger partial charge in [-0.3, -0.25) is 0 Å². The first-order valence-corrected chi connectivity index (χ1v) is 6.41. The minimum absolute atomic E-state index is 0.301. The molecular formula is C14H15ClFN3. The van der Waals surface area contributed by atoms with Crippen LogP contribution in [0.3, 0.4) is 0 Å². The Bertz CT molecular complexity index is 599. The van der Waals surface area contributed by atoms with E-state index in [2.05, 4.69) is 29.1 Å². The summed E-state index contributed by atoms with van der Waals surface area (Å²) in [5, 5.41) is 3.30. The minimum atomic E-state index is -0.372. The second kappa shape index (κ2) is 5.53. The molecule has 1 heterocycles. The highest BCUT2D eigenvalue weighted by Gasteiger charge is 2.09. The first kappa shape index (κ1) is 13.7. The molecule has 1 N–H and O–H groups in total. The Morgan fingerprint density at radius 3 is 2.68 bits per heavy atom. The number of benzene rings is 1. The molecule has 0 saturated carbocycles. The lowest BCUT2D eigenvalue weighted by Gasteiger charge is -2.11. The zero-order valence-corrected chi connectivity index (χ0v) is 11.8. The monoisotopic (exact) mass is 279 g/mol. The summed E-state index contributed by atoms with van der Waals surface area (Å²) in [7, 11) is 0. The Morgan fingerprint density at radius 1 is 1.32 bits per heavy atom. The van der Waals surface area contributed by atoms with E-state index in [-0.39, 0.29) is 5.82 Å². The third-order valence-electron chi connectivity index (χ3n) is 2.74. The average molecular weight is 280 g/mol. The van der Waals surface area contributed by atoms with E-state index >= 15 is 0 Å². The van der Waals surface area contributed by atoms with Crippen LogP contribution in [0.25, 0.3) is 0 Å². The van der Waals surface area contributed by atoms with Crippen molar-refractivity contribution in [3.63, 3.8) is 0 Å². The van der Waals surface area contributed by atoms with Crippen LogP contribution in [-0.4, -0.2) is 9.97 Å². The zero-order chi connectivity index (χ0) is 14.0. The van der Waals surface area contributed by atoms with E-state index in [1.807, 2.05) is 6.92 Å². The Balaban J connectivity index is 2.31. The molecule has 0 radical (unpaired) electrons. The molecule has 5 heteroatoms. The highest BCUT2D eigenvalue weighted by atomic mass is 35.5. The van der Waals surface area contributed by atoms with Gasteiger partial charge < -0.3 is 5.32 Å². The molecule has 2 aromatic rings. The first-order valence-electron chi connectivity index (χ1n) is 6.03. The van der Waals surface area contributed by atoms with Crippen LogP contribution >= 0.6 is 11.6 Å². The number of hydrogen-bond donors (Lipinski definition) is 1. The summed E-state index contributed by atoms with van der Waals surface area (Å²) in [5.74, 6) is 0.401. The molecule has 0 aliphatic carbocycles. The highest BCUT2D eigenvalue weighted by molar-refractivity contribution is 6.33. The second-order valence-corrected chi connectivity index (χ2v) is 5.07. The number of halogens is 2. The molecule has 100 valence electrons. The van der Waals surface area contributed by atoms with E-state index in [0.717, 1.165) is 11.3 Å². The van der Waals surface area contributed by atoms with Gasteiger partial charge in [-0.15, -0.1) is 0 Å². The molecule has 2 rings (SSSR count). The van der Waals surface area contributed by atoms with Gasteiger partial charge >= 0.3 is 0 Å². The predicted molar refractivity (Wildman–Crippen MR) is 75.6 cm³/mol. The van der Waals surface area contributed by atoms with Crippen molar-refractivity contribution in [2.24, 2.45) is 0 Å². The maximum atomic E-state index is 13.0. The third-order valence-corrected chi connectivity index (χ3v) is 3.05. The van der Waals surface area contributed by atoms with Gasteiger partial charge in [0.25, 0.3) is 0 Å². The largest absolute Gasteiger partial charge is 0.323 e. The maximum absolute atomic E-state index is 13.0. The fourth-order valence-electron chi connectivity index (χ4n) is 1.81. The lowest BCUT2D eigenvalue weighted by molar-refractivity contribution is 0.628. The van der Waals surface area contributed by atoms with Crippen LogP contribution in [0.15, 0.2) is 24.4 Å². The molecule has 0 amide bonds. The van der Waals surface area contributed by atoms with Gasteiger partial charge in [-0.2, -0.15) is 0 Å². The van der Waals surface area contributed by atoms with Gasteiger partial charge in [0.15, 0.2) is 0 Å². The number of anilines is 2. The minimum Gasteiger partial charge on any atom is -0.323 e. The number of rotatable bonds is 3. The van der Waals surface area contributed by atoms with E-state index in [4.69, 9.17) is 11.6 Å². The third kappa shape index (κ3) is 3.20. The lowest BCUT2D eigenvalue weighted by atomic mass is 10.1. The van der Waals surface area contributed by atoms with Crippen molar-refractivity contribution in [1.82, 2.24) is 9.97 Å². The molecule has 1 aromatic heterocycles. The number of hydrogen-bond acceptors (Lipinski definition) is 3. The smallest absolute Gasteiger partial charge is 0.227 e. The van der Waals surface area contributed by atoms with Crippen LogP contribution in [0.4, 0.5) is 16.0 Å². The topological polar surface area (TPSA) is 37.8 Å². The van der Waals surface area contributed by atoms with Gasteiger partial charge in [0, 0.05) is 6.20 Å². The summed E-state index contributed by atoms with van der Waals surface area (Å²) >= 11 is 5.95. The Labute approximate surface area is 116 Å². The van der Waals surface area contributed by atoms with Crippen LogP contribution in [0.5, 0.6) is 0 Å². The van der Waals surface area contributed by atoms with Gasteiger partial charge in [0.1, 0.15) is 5.82 Å². The number of nitrogens with one attached hydrogen (secondary N) is 1. The molecule has 0 fully saturated rings. The Kier molecular flexibility index (Phi) is 4.00.